The molecule has 3 rings (SSSR count). The van der Waals surface area contributed by atoms with Crippen molar-refractivity contribution in [2.45, 2.75) is 18.9 Å². The predicted octanol–water partition coefficient (Wildman–Crippen LogP) is 0.954. The molecular weight excluding hydrogens is 254 g/mol. The molecule has 5 nitrogen and oxygen atoms in total. The lowest BCUT2D eigenvalue weighted by Crippen LogP contribution is -2.50. The Labute approximate surface area is 119 Å². The fourth-order valence-corrected chi connectivity index (χ4v) is 2.62. The number of hydrogen-bond donors (Lipinski definition) is 1. The first-order chi connectivity index (χ1) is 9.74. The second kappa shape index (κ2) is 5.71. The van der Waals surface area contributed by atoms with Crippen molar-refractivity contribution in [3.63, 3.8) is 0 Å². The number of hydrogen-bond acceptors (Lipinski definition) is 4. The van der Waals surface area contributed by atoms with Gasteiger partial charge in [-0.25, -0.2) is 0 Å². The van der Waals surface area contributed by atoms with Crippen molar-refractivity contribution in [3.8, 4) is 5.75 Å². The topological polar surface area (TPSA) is 58.8 Å². The van der Waals surface area contributed by atoms with Gasteiger partial charge in [0.2, 0.25) is 0 Å². The number of benzene rings is 1. The largest absolute Gasteiger partial charge is 0.482 e. The molecule has 1 aromatic carbocycles. The molecule has 0 aromatic heterocycles. The van der Waals surface area contributed by atoms with E-state index >= 15 is 0 Å². The summed E-state index contributed by atoms with van der Waals surface area (Å²) in [5.74, 6) is 0.626. The second-order valence-corrected chi connectivity index (χ2v) is 5.47. The summed E-state index contributed by atoms with van der Waals surface area (Å²) in [5, 5.41) is 0. The summed E-state index contributed by atoms with van der Waals surface area (Å²) in [6.07, 6.45) is 2.65. The zero-order valence-corrected chi connectivity index (χ0v) is 11.6. The van der Waals surface area contributed by atoms with Crippen LogP contribution in [-0.4, -0.2) is 54.5 Å². The minimum Gasteiger partial charge on any atom is -0.482 e. The fraction of sp³-hybridized carbons (Fsp3) is 0.533. The van der Waals surface area contributed by atoms with Crippen molar-refractivity contribution in [2.75, 3.05) is 38.5 Å². The third-order valence-corrected chi connectivity index (χ3v) is 4.00. The van der Waals surface area contributed by atoms with Crippen molar-refractivity contribution in [3.05, 3.63) is 24.3 Å². The van der Waals surface area contributed by atoms with Crippen molar-refractivity contribution in [1.29, 1.82) is 0 Å². The summed E-state index contributed by atoms with van der Waals surface area (Å²) in [4.78, 5) is 16.5. The number of para-hydroxylation sites is 2. The van der Waals surface area contributed by atoms with Gasteiger partial charge in [-0.3, -0.25) is 9.69 Å². The van der Waals surface area contributed by atoms with Crippen LogP contribution >= 0.6 is 0 Å². The molecule has 0 atom stereocenters. The van der Waals surface area contributed by atoms with E-state index in [1.54, 1.807) is 12.1 Å². The summed E-state index contributed by atoms with van der Waals surface area (Å²) in [6.45, 7) is 3.66. The molecule has 108 valence electrons. The molecule has 1 saturated heterocycles. The molecule has 0 unspecified atom stereocenters. The number of ether oxygens (including phenoxy) is 1. The number of amides is 1. The van der Waals surface area contributed by atoms with E-state index < -0.39 is 0 Å². The SMILES string of the molecule is Nc1ccccc1OCC(=O)N1CCN(C2CC2)CC1. The van der Waals surface area contributed by atoms with Crippen LogP contribution in [0.25, 0.3) is 0 Å². The van der Waals surface area contributed by atoms with Gasteiger partial charge in [-0.05, 0) is 25.0 Å². The van der Waals surface area contributed by atoms with Gasteiger partial charge in [-0.2, -0.15) is 0 Å². The minimum absolute atomic E-state index is 0.0451. The number of nitrogens with zero attached hydrogens (tertiary/aromatic N) is 2. The van der Waals surface area contributed by atoms with Crippen LogP contribution in [0.3, 0.4) is 0 Å². The van der Waals surface area contributed by atoms with Crippen molar-refractivity contribution < 1.29 is 9.53 Å². The number of carbonyl (C=O) groups is 1. The van der Waals surface area contributed by atoms with Gasteiger partial charge >= 0.3 is 0 Å². The zero-order chi connectivity index (χ0) is 13.9. The summed E-state index contributed by atoms with van der Waals surface area (Å²) in [7, 11) is 0. The lowest BCUT2D eigenvalue weighted by atomic mass is 10.3. The highest BCUT2D eigenvalue weighted by atomic mass is 16.5. The monoisotopic (exact) mass is 275 g/mol. The van der Waals surface area contributed by atoms with Crippen LogP contribution < -0.4 is 10.5 Å². The van der Waals surface area contributed by atoms with E-state index in [1.807, 2.05) is 17.0 Å². The van der Waals surface area contributed by atoms with E-state index in [0.29, 0.717) is 11.4 Å². The molecule has 0 bridgehead atoms. The maximum Gasteiger partial charge on any atom is 0.260 e. The predicted molar refractivity (Wildman–Crippen MR) is 77.5 cm³/mol. The maximum absolute atomic E-state index is 12.1. The Morgan fingerprint density at radius 3 is 2.55 bits per heavy atom. The average molecular weight is 275 g/mol. The molecule has 1 aromatic rings. The van der Waals surface area contributed by atoms with Gasteiger partial charge in [0, 0.05) is 32.2 Å². The quantitative estimate of drug-likeness (QED) is 0.831. The number of rotatable bonds is 4. The first kappa shape index (κ1) is 13.2. The van der Waals surface area contributed by atoms with E-state index in [9.17, 15) is 4.79 Å². The Hall–Kier alpha value is -1.75. The zero-order valence-electron chi connectivity index (χ0n) is 11.6. The van der Waals surface area contributed by atoms with E-state index in [2.05, 4.69) is 4.90 Å². The highest BCUT2D eigenvalue weighted by molar-refractivity contribution is 5.78. The molecule has 0 spiro atoms. The van der Waals surface area contributed by atoms with Crippen molar-refractivity contribution >= 4 is 11.6 Å². The lowest BCUT2D eigenvalue weighted by Gasteiger charge is -2.34. The molecule has 2 N–H and O–H groups in total. The first-order valence-electron chi connectivity index (χ1n) is 7.23. The van der Waals surface area contributed by atoms with E-state index in [4.69, 9.17) is 10.5 Å². The smallest absolute Gasteiger partial charge is 0.260 e. The van der Waals surface area contributed by atoms with E-state index in [1.165, 1.54) is 12.8 Å². The van der Waals surface area contributed by atoms with Gasteiger partial charge in [0.05, 0.1) is 5.69 Å². The summed E-state index contributed by atoms with van der Waals surface area (Å²) >= 11 is 0. The van der Waals surface area contributed by atoms with Crippen molar-refractivity contribution in [1.82, 2.24) is 9.80 Å². The van der Waals surface area contributed by atoms with Crippen molar-refractivity contribution in [2.24, 2.45) is 0 Å². The molecule has 1 amide bonds. The summed E-state index contributed by atoms with van der Waals surface area (Å²) < 4.78 is 5.51. The minimum atomic E-state index is 0.0451. The summed E-state index contributed by atoms with van der Waals surface area (Å²) in [6, 6.07) is 8.04. The van der Waals surface area contributed by atoms with Crippen LogP contribution in [-0.2, 0) is 4.79 Å². The van der Waals surface area contributed by atoms with Crippen LogP contribution in [0.2, 0.25) is 0 Å². The van der Waals surface area contributed by atoms with Crippen LogP contribution in [0.4, 0.5) is 5.69 Å². The third-order valence-electron chi connectivity index (χ3n) is 4.00. The standard InChI is InChI=1S/C15H21N3O2/c16-13-3-1-2-4-14(13)20-11-15(19)18-9-7-17(8-10-18)12-5-6-12/h1-4,12H,5-11,16H2. The Kier molecular flexibility index (Phi) is 3.78. The average Bonchev–Trinajstić information content (AvgIpc) is 3.31. The van der Waals surface area contributed by atoms with E-state index in [0.717, 1.165) is 32.2 Å². The number of nitrogen functional groups attached to an aromatic ring is 1. The van der Waals surface area contributed by atoms with Crippen LogP contribution in [0.5, 0.6) is 5.75 Å². The fourth-order valence-electron chi connectivity index (χ4n) is 2.62. The Morgan fingerprint density at radius 1 is 1.20 bits per heavy atom. The Balaban J connectivity index is 1.46. The van der Waals surface area contributed by atoms with Gasteiger partial charge in [-0.1, -0.05) is 12.1 Å². The number of anilines is 1. The lowest BCUT2D eigenvalue weighted by molar-refractivity contribution is -0.135. The van der Waals surface area contributed by atoms with Gasteiger partial charge in [0.1, 0.15) is 5.75 Å². The van der Waals surface area contributed by atoms with Gasteiger partial charge in [0.25, 0.3) is 5.91 Å². The molecule has 1 heterocycles. The molecular formula is C15H21N3O2. The number of nitrogens with two attached hydrogens (primary N) is 1. The van der Waals surface area contributed by atoms with Crippen LogP contribution in [0, 0.1) is 0 Å². The van der Waals surface area contributed by atoms with Gasteiger partial charge in [-0.15, -0.1) is 0 Å². The molecule has 2 fully saturated rings. The summed E-state index contributed by atoms with van der Waals surface area (Å²) in [5.41, 5.74) is 6.36. The third kappa shape index (κ3) is 3.04. The second-order valence-electron chi connectivity index (χ2n) is 5.47. The molecule has 2 aliphatic rings. The molecule has 1 saturated carbocycles. The molecule has 1 aliphatic carbocycles. The Morgan fingerprint density at radius 2 is 1.90 bits per heavy atom. The molecule has 1 aliphatic heterocycles. The Bertz CT molecular complexity index is 480. The van der Waals surface area contributed by atoms with Gasteiger partial charge < -0.3 is 15.4 Å². The number of carbonyl (C=O) groups excluding carboxylic acids is 1. The maximum atomic E-state index is 12.1. The molecule has 20 heavy (non-hydrogen) atoms. The molecule has 5 heteroatoms. The van der Waals surface area contributed by atoms with Gasteiger partial charge in [0.15, 0.2) is 6.61 Å². The first-order valence-corrected chi connectivity index (χ1v) is 7.23. The van der Waals surface area contributed by atoms with E-state index in [-0.39, 0.29) is 12.5 Å². The highest BCUT2D eigenvalue weighted by Crippen LogP contribution is 2.27. The normalized spacial score (nSPS) is 19.9. The highest BCUT2D eigenvalue weighted by Gasteiger charge is 2.32. The number of piperazine rings is 1. The van der Waals surface area contributed by atoms with Crippen LogP contribution in [0.15, 0.2) is 24.3 Å². The molecule has 0 radical (unpaired) electrons. The van der Waals surface area contributed by atoms with Crippen LogP contribution in [0.1, 0.15) is 12.8 Å².